The number of nitrogens with zero attached hydrogens (tertiary/aromatic N) is 3. The Kier molecular flexibility index (Phi) is 2.48. The summed E-state index contributed by atoms with van der Waals surface area (Å²) in [5, 5.41) is 1.16. The predicted molar refractivity (Wildman–Crippen MR) is 72.2 cm³/mol. The second-order valence-corrected chi connectivity index (χ2v) is 4.35. The molecule has 0 radical (unpaired) electrons. The molecule has 0 aliphatic carbocycles. The minimum Gasteiger partial charge on any atom is -0.369 e. The van der Waals surface area contributed by atoms with Crippen LogP contribution in [-0.4, -0.2) is 14.5 Å². The van der Waals surface area contributed by atoms with E-state index in [1.807, 2.05) is 35.9 Å². The van der Waals surface area contributed by atoms with E-state index < -0.39 is 0 Å². The maximum atomic E-state index is 5.81. The molecular formula is C14H14N4. The largest absolute Gasteiger partial charge is 0.369 e. The van der Waals surface area contributed by atoms with E-state index >= 15 is 0 Å². The van der Waals surface area contributed by atoms with Gasteiger partial charge in [0.05, 0.1) is 12.1 Å². The fourth-order valence-corrected chi connectivity index (χ4v) is 2.18. The molecular weight excluding hydrogens is 224 g/mol. The third-order valence-electron chi connectivity index (χ3n) is 3.02. The molecule has 0 saturated heterocycles. The highest BCUT2D eigenvalue weighted by Gasteiger charge is 2.05. The highest BCUT2D eigenvalue weighted by molar-refractivity contribution is 5.82. The summed E-state index contributed by atoms with van der Waals surface area (Å²) in [6.45, 7) is 2.73. The Hall–Kier alpha value is -2.36. The Bertz CT molecular complexity index is 700. The number of anilines is 1. The van der Waals surface area contributed by atoms with E-state index in [0.717, 1.165) is 23.1 Å². The fraction of sp³-hybridized carbons (Fsp3) is 0.143. The van der Waals surface area contributed by atoms with Crippen LogP contribution >= 0.6 is 0 Å². The van der Waals surface area contributed by atoms with Gasteiger partial charge in [0.25, 0.3) is 0 Å². The van der Waals surface area contributed by atoms with Gasteiger partial charge in [-0.05, 0) is 24.6 Å². The number of rotatable bonds is 2. The smallest absolute Gasteiger partial charge is 0.200 e. The number of aryl methyl sites for hydroxylation is 1. The van der Waals surface area contributed by atoms with Crippen molar-refractivity contribution in [2.24, 2.45) is 0 Å². The molecule has 0 bridgehead atoms. The van der Waals surface area contributed by atoms with Crippen molar-refractivity contribution in [3.05, 3.63) is 54.0 Å². The van der Waals surface area contributed by atoms with Crippen molar-refractivity contribution >= 4 is 16.9 Å². The number of imidazole rings is 1. The van der Waals surface area contributed by atoms with Crippen LogP contribution in [0, 0.1) is 6.92 Å². The number of para-hydroxylation sites is 1. The van der Waals surface area contributed by atoms with E-state index in [0.29, 0.717) is 5.95 Å². The zero-order valence-electron chi connectivity index (χ0n) is 10.2. The Labute approximate surface area is 105 Å². The number of nitrogens with two attached hydrogens (primary N) is 1. The molecule has 90 valence electrons. The molecule has 0 aliphatic heterocycles. The lowest BCUT2D eigenvalue weighted by Crippen LogP contribution is -2.04. The van der Waals surface area contributed by atoms with Crippen molar-refractivity contribution in [1.29, 1.82) is 0 Å². The molecule has 0 atom stereocenters. The van der Waals surface area contributed by atoms with Crippen molar-refractivity contribution in [3.8, 4) is 0 Å². The van der Waals surface area contributed by atoms with Crippen LogP contribution in [0.2, 0.25) is 0 Å². The summed E-state index contributed by atoms with van der Waals surface area (Å²) in [6, 6.07) is 10.2. The van der Waals surface area contributed by atoms with Gasteiger partial charge in [0, 0.05) is 23.5 Å². The minimum atomic E-state index is 0.536. The first-order valence-corrected chi connectivity index (χ1v) is 5.86. The fourth-order valence-electron chi connectivity index (χ4n) is 2.18. The minimum absolute atomic E-state index is 0.536. The number of hydrogen-bond donors (Lipinski definition) is 1. The molecule has 2 heterocycles. The molecule has 0 saturated carbocycles. The summed E-state index contributed by atoms with van der Waals surface area (Å²) >= 11 is 0. The molecule has 4 heteroatoms. The van der Waals surface area contributed by atoms with E-state index in [9.17, 15) is 0 Å². The van der Waals surface area contributed by atoms with Crippen molar-refractivity contribution < 1.29 is 0 Å². The van der Waals surface area contributed by atoms with Gasteiger partial charge in [0.2, 0.25) is 0 Å². The van der Waals surface area contributed by atoms with Crippen LogP contribution in [0.25, 0.3) is 10.9 Å². The quantitative estimate of drug-likeness (QED) is 0.745. The van der Waals surface area contributed by atoms with E-state index in [1.165, 1.54) is 5.56 Å². The summed E-state index contributed by atoms with van der Waals surface area (Å²) < 4.78 is 1.93. The van der Waals surface area contributed by atoms with Crippen LogP contribution < -0.4 is 5.73 Å². The van der Waals surface area contributed by atoms with Gasteiger partial charge in [0.1, 0.15) is 0 Å². The average Bonchev–Trinajstić information content (AvgIpc) is 2.75. The van der Waals surface area contributed by atoms with Crippen LogP contribution in [0.3, 0.4) is 0 Å². The highest BCUT2D eigenvalue weighted by Crippen LogP contribution is 2.19. The molecule has 0 unspecified atom stereocenters. The molecule has 3 aromatic rings. The maximum absolute atomic E-state index is 5.81. The molecule has 2 aromatic heterocycles. The molecule has 4 nitrogen and oxygen atoms in total. The molecule has 0 fully saturated rings. The Morgan fingerprint density at radius 3 is 2.89 bits per heavy atom. The lowest BCUT2D eigenvalue weighted by atomic mass is 10.1. The summed E-state index contributed by atoms with van der Waals surface area (Å²) in [6.07, 6.45) is 3.60. The summed E-state index contributed by atoms with van der Waals surface area (Å²) in [4.78, 5) is 8.57. The second-order valence-electron chi connectivity index (χ2n) is 4.35. The summed E-state index contributed by atoms with van der Waals surface area (Å²) in [5.74, 6) is 0.536. The molecule has 3 rings (SSSR count). The van der Waals surface area contributed by atoms with E-state index in [-0.39, 0.29) is 0 Å². The Morgan fingerprint density at radius 2 is 2.11 bits per heavy atom. The van der Waals surface area contributed by atoms with Gasteiger partial charge in [0.15, 0.2) is 5.95 Å². The van der Waals surface area contributed by atoms with Crippen LogP contribution in [0.1, 0.15) is 11.3 Å². The van der Waals surface area contributed by atoms with Gasteiger partial charge in [-0.15, -0.1) is 0 Å². The Balaban J connectivity index is 2.14. The van der Waals surface area contributed by atoms with Crippen molar-refractivity contribution in [3.63, 3.8) is 0 Å². The molecule has 0 amide bonds. The second kappa shape index (κ2) is 4.14. The standard InChI is InChI=1S/C14H14N4/c1-10-8-11(9-18-7-6-16-14(18)15)12-4-2-3-5-13(12)17-10/h2-8H,9H2,1H3,(H2,15,16). The van der Waals surface area contributed by atoms with E-state index in [1.54, 1.807) is 6.20 Å². The van der Waals surface area contributed by atoms with Crippen LogP contribution in [0.15, 0.2) is 42.7 Å². The first-order valence-electron chi connectivity index (χ1n) is 5.86. The molecule has 18 heavy (non-hydrogen) atoms. The number of aromatic nitrogens is 3. The van der Waals surface area contributed by atoms with Gasteiger partial charge >= 0.3 is 0 Å². The third kappa shape index (κ3) is 1.82. The van der Waals surface area contributed by atoms with Crippen LogP contribution in [0.5, 0.6) is 0 Å². The molecule has 2 N–H and O–H groups in total. The van der Waals surface area contributed by atoms with Crippen molar-refractivity contribution in [1.82, 2.24) is 14.5 Å². The highest BCUT2D eigenvalue weighted by atomic mass is 15.1. The molecule has 0 spiro atoms. The van der Waals surface area contributed by atoms with Gasteiger partial charge in [-0.1, -0.05) is 18.2 Å². The van der Waals surface area contributed by atoms with E-state index in [4.69, 9.17) is 5.73 Å². The topological polar surface area (TPSA) is 56.7 Å². The van der Waals surface area contributed by atoms with Crippen molar-refractivity contribution in [2.75, 3.05) is 5.73 Å². The van der Waals surface area contributed by atoms with Crippen LogP contribution in [-0.2, 0) is 6.54 Å². The van der Waals surface area contributed by atoms with Gasteiger partial charge in [-0.25, -0.2) is 4.98 Å². The van der Waals surface area contributed by atoms with Gasteiger partial charge in [-0.3, -0.25) is 4.98 Å². The number of hydrogen-bond acceptors (Lipinski definition) is 3. The number of fused-ring (bicyclic) bond motifs is 1. The van der Waals surface area contributed by atoms with E-state index in [2.05, 4.69) is 22.1 Å². The predicted octanol–water partition coefficient (Wildman–Crippen LogP) is 2.37. The zero-order valence-corrected chi connectivity index (χ0v) is 10.2. The summed E-state index contributed by atoms with van der Waals surface area (Å²) in [5.41, 5.74) is 9.05. The first-order chi connectivity index (χ1) is 8.74. The normalized spacial score (nSPS) is 10.9. The SMILES string of the molecule is Cc1cc(Cn2ccnc2N)c2ccccc2n1. The lowest BCUT2D eigenvalue weighted by Gasteiger charge is -2.09. The molecule has 1 aromatic carbocycles. The monoisotopic (exact) mass is 238 g/mol. The van der Waals surface area contributed by atoms with Crippen molar-refractivity contribution in [2.45, 2.75) is 13.5 Å². The lowest BCUT2D eigenvalue weighted by molar-refractivity contribution is 0.814. The van der Waals surface area contributed by atoms with Crippen LogP contribution in [0.4, 0.5) is 5.95 Å². The Morgan fingerprint density at radius 1 is 1.28 bits per heavy atom. The van der Waals surface area contributed by atoms with Gasteiger partial charge in [-0.2, -0.15) is 0 Å². The zero-order chi connectivity index (χ0) is 12.5. The first kappa shape index (κ1) is 10.8. The molecule has 0 aliphatic rings. The maximum Gasteiger partial charge on any atom is 0.200 e. The number of pyridine rings is 1. The number of benzene rings is 1. The summed E-state index contributed by atoms with van der Waals surface area (Å²) in [7, 11) is 0. The third-order valence-corrected chi connectivity index (χ3v) is 3.02. The van der Waals surface area contributed by atoms with Gasteiger partial charge < -0.3 is 10.3 Å². The average molecular weight is 238 g/mol. The number of nitrogen functional groups attached to an aromatic ring is 1.